The van der Waals surface area contributed by atoms with Crippen LogP contribution in [0.5, 0.6) is 0 Å². The molecule has 37 valence electrons. The fourth-order valence-corrected chi connectivity index (χ4v) is 0.280. The molecule has 0 saturated carbocycles. The SMILES string of the molecule is OCc1c[c]on1. The summed E-state index contributed by atoms with van der Waals surface area (Å²) in [6, 6.07) is 1.49. The van der Waals surface area contributed by atoms with Crippen LogP contribution in [0.2, 0.25) is 0 Å². The molecule has 1 N–H and O–H groups in total. The lowest BCUT2D eigenvalue weighted by molar-refractivity contribution is 0.266. The fourth-order valence-electron chi connectivity index (χ4n) is 0.280. The summed E-state index contributed by atoms with van der Waals surface area (Å²) in [6.07, 6.45) is 2.33. The Kier molecular flexibility index (Phi) is 1.08. The predicted octanol–water partition coefficient (Wildman–Crippen LogP) is -0.0329. The van der Waals surface area contributed by atoms with Crippen molar-refractivity contribution in [2.75, 3.05) is 0 Å². The first-order valence-electron chi connectivity index (χ1n) is 1.86. The molecule has 1 radical (unpaired) electrons. The minimum atomic E-state index is -0.0764. The highest BCUT2D eigenvalue weighted by molar-refractivity contribution is 4.90. The van der Waals surface area contributed by atoms with Gasteiger partial charge in [-0.05, 0) is 0 Å². The van der Waals surface area contributed by atoms with Gasteiger partial charge in [0.05, 0.1) is 6.61 Å². The summed E-state index contributed by atoms with van der Waals surface area (Å²) in [6.45, 7) is -0.0764. The first-order valence-corrected chi connectivity index (χ1v) is 1.86. The smallest absolute Gasteiger partial charge is 0.205 e. The summed E-state index contributed by atoms with van der Waals surface area (Å²) in [5, 5.41) is 11.6. The summed E-state index contributed by atoms with van der Waals surface area (Å²) in [5.41, 5.74) is 0.514. The first-order chi connectivity index (χ1) is 3.43. The van der Waals surface area contributed by atoms with Crippen LogP contribution in [0.15, 0.2) is 10.6 Å². The highest BCUT2D eigenvalue weighted by atomic mass is 16.5. The van der Waals surface area contributed by atoms with Crippen molar-refractivity contribution in [3.8, 4) is 0 Å². The number of hydrogen-bond donors (Lipinski definition) is 1. The molecule has 0 aliphatic rings. The van der Waals surface area contributed by atoms with Gasteiger partial charge in [-0.15, -0.1) is 0 Å². The second-order valence-corrected chi connectivity index (χ2v) is 1.09. The van der Waals surface area contributed by atoms with E-state index in [9.17, 15) is 0 Å². The van der Waals surface area contributed by atoms with Crippen LogP contribution in [-0.4, -0.2) is 10.3 Å². The van der Waals surface area contributed by atoms with Crippen molar-refractivity contribution < 1.29 is 9.63 Å². The van der Waals surface area contributed by atoms with Crippen LogP contribution in [0, 0.1) is 6.26 Å². The van der Waals surface area contributed by atoms with E-state index in [0.29, 0.717) is 5.69 Å². The Morgan fingerprint density at radius 3 is 3.14 bits per heavy atom. The lowest BCUT2D eigenvalue weighted by atomic mass is 10.5. The topological polar surface area (TPSA) is 46.3 Å². The number of aliphatic hydroxyl groups is 1. The molecule has 3 heteroatoms. The zero-order valence-corrected chi connectivity index (χ0v) is 3.59. The largest absolute Gasteiger partial charge is 0.390 e. The van der Waals surface area contributed by atoms with E-state index < -0.39 is 0 Å². The molecule has 0 aromatic carbocycles. The Hall–Kier alpha value is -0.830. The third-order valence-electron chi connectivity index (χ3n) is 0.603. The molecule has 0 aliphatic heterocycles. The summed E-state index contributed by atoms with van der Waals surface area (Å²) in [4.78, 5) is 0. The van der Waals surface area contributed by atoms with Crippen molar-refractivity contribution in [2.24, 2.45) is 0 Å². The molecule has 0 saturated heterocycles. The maximum absolute atomic E-state index is 8.28. The Morgan fingerprint density at radius 1 is 2.00 bits per heavy atom. The van der Waals surface area contributed by atoms with Gasteiger partial charge in [-0.1, -0.05) is 5.16 Å². The molecule has 1 rings (SSSR count). The minimum Gasteiger partial charge on any atom is -0.390 e. The van der Waals surface area contributed by atoms with Crippen LogP contribution in [-0.2, 0) is 6.61 Å². The maximum atomic E-state index is 8.28. The van der Waals surface area contributed by atoms with Crippen molar-refractivity contribution in [3.05, 3.63) is 18.0 Å². The number of hydrogen-bond acceptors (Lipinski definition) is 3. The lowest BCUT2D eigenvalue weighted by Crippen LogP contribution is -1.77. The molecule has 0 unspecified atom stereocenters. The van der Waals surface area contributed by atoms with E-state index in [4.69, 9.17) is 5.11 Å². The number of nitrogens with zero attached hydrogens (tertiary/aromatic N) is 1. The van der Waals surface area contributed by atoms with E-state index in [2.05, 4.69) is 15.9 Å². The second-order valence-electron chi connectivity index (χ2n) is 1.09. The van der Waals surface area contributed by atoms with Gasteiger partial charge in [0.15, 0.2) is 0 Å². The van der Waals surface area contributed by atoms with Crippen molar-refractivity contribution >= 4 is 0 Å². The predicted molar refractivity (Wildman–Crippen MR) is 21.3 cm³/mol. The molecule has 0 bridgehead atoms. The quantitative estimate of drug-likeness (QED) is 0.536. The summed E-state index contributed by atoms with van der Waals surface area (Å²) in [7, 11) is 0. The van der Waals surface area contributed by atoms with Crippen LogP contribution in [0.1, 0.15) is 5.69 Å². The van der Waals surface area contributed by atoms with Gasteiger partial charge >= 0.3 is 0 Å². The Balaban J connectivity index is 2.76. The first kappa shape index (κ1) is 4.33. The Labute approximate surface area is 40.6 Å². The Bertz CT molecular complexity index is 124. The van der Waals surface area contributed by atoms with Crippen LogP contribution < -0.4 is 0 Å². The third kappa shape index (κ3) is 0.778. The van der Waals surface area contributed by atoms with E-state index in [1.54, 1.807) is 0 Å². The average Bonchev–Trinajstić information content (AvgIpc) is 2.14. The van der Waals surface area contributed by atoms with Gasteiger partial charge in [-0.25, -0.2) is 0 Å². The van der Waals surface area contributed by atoms with E-state index in [0.717, 1.165) is 0 Å². The van der Waals surface area contributed by atoms with E-state index in [-0.39, 0.29) is 6.61 Å². The molecule has 1 aromatic heterocycles. The van der Waals surface area contributed by atoms with Gasteiger partial charge in [0.25, 0.3) is 0 Å². The van der Waals surface area contributed by atoms with Gasteiger partial charge in [0, 0.05) is 6.07 Å². The molecule has 0 aliphatic carbocycles. The minimum absolute atomic E-state index is 0.0764. The van der Waals surface area contributed by atoms with Gasteiger partial charge < -0.3 is 9.63 Å². The summed E-state index contributed by atoms with van der Waals surface area (Å²) >= 11 is 0. The molecule has 3 nitrogen and oxygen atoms in total. The summed E-state index contributed by atoms with van der Waals surface area (Å²) in [5.74, 6) is 0. The second kappa shape index (κ2) is 1.75. The van der Waals surface area contributed by atoms with Crippen LogP contribution in [0.3, 0.4) is 0 Å². The van der Waals surface area contributed by atoms with Crippen molar-refractivity contribution in [3.63, 3.8) is 0 Å². The molecular formula is C4H4NO2. The highest BCUT2D eigenvalue weighted by Crippen LogP contribution is 1.89. The number of aliphatic hydroxyl groups excluding tert-OH is 1. The fraction of sp³-hybridized carbons (Fsp3) is 0.250. The van der Waals surface area contributed by atoms with E-state index in [1.165, 1.54) is 6.07 Å². The molecule has 1 aromatic rings. The van der Waals surface area contributed by atoms with Crippen molar-refractivity contribution in [1.29, 1.82) is 0 Å². The zero-order valence-electron chi connectivity index (χ0n) is 3.59. The molecule has 0 spiro atoms. The molecular weight excluding hydrogens is 94.0 g/mol. The molecule has 0 amide bonds. The highest BCUT2D eigenvalue weighted by Gasteiger charge is 1.88. The molecule has 0 atom stereocenters. The maximum Gasteiger partial charge on any atom is 0.205 e. The number of rotatable bonds is 1. The van der Waals surface area contributed by atoms with Gasteiger partial charge in [0.2, 0.25) is 6.26 Å². The summed E-state index contributed by atoms with van der Waals surface area (Å²) < 4.78 is 4.27. The average molecular weight is 98.1 g/mol. The normalized spacial score (nSPS) is 9.29. The molecule has 0 fully saturated rings. The van der Waals surface area contributed by atoms with Crippen LogP contribution >= 0.6 is 0 Å². The monoisotopic (exact) mass is 98.0 g/mol. The Morgan fingerprint density at radius 2 is 2.86 bits per heavy atom. The van der Waals surface area contributed by atoms with Gasteiger partial charge in [-0.3, -0.25) is 0 Å². The third-order valence-corrected chi connectivity index (χ3v) is 0.603. The van der Waals surface area contributed by atoms with E-state index in [1.807, 2.05) is 0 Å². The van der Waals surface area contributed by atoms with Crippen molar-refractivity contribution in [2.45, 2.75) is 6.61 Å². The molecule has 7 heavy (non-hydrogen) atoms. The zero-order chi connectivity index (χ0) is 5.11. The standard InChI is InChI=1S/C4H4NO2/c6-3-4-1-2-7-5-4/h1,6H,3H2. The van der Waals surface area contributed by atoms with Crippen molar-refractivity contribution in [1.82, 2.24) is 5.16 Å². The van der Waals surface area contributed by atoms with E-state index >= 15 is 0 Å². The van der Waals surface area contributed by atoms with Gasteiger partial charge in [0.1, 0.15) is 5.69 Å². The number of aromatic nitrogens is 1. The lowest BCUT2D eigenvalue weighted by Gasteiger charge is -1.74. The van der Waals surface area contributed by atoms with Crippen LogP contribution in [0.25, 0.3) is 0 Å². The van der Waals surface area contributed by atoms with Gasteiger partial charge in [-0.2, -0.15) is 0 Å². The van der Waals surface area contributed by atoms with Crippen LogP contribution in [0.4, 0.5) is 0 Å². The molecule has 1 heterocycles.